The van der Waals surface area contributed by atoms with Gasteiger partial charge in [0.15, 0.2) is 11.5 Å². The van der Waals surface area contributed by atoms with Gasteiger partial charge in [-0.25, -0.2) is 0 Å². The van der Waals surface area contributed by atoms with Gasteiger partial charge in [0.25, 0.3) is 0 Å². The summed E-state index contributed by atoms with van der Waals surface area (Å²) in [7, 11) is 0. The van der Waals surface area contributed by atoms with E-state index in [2.05, 4.69) is 0 Å². The second kappa shape index (κ2) is 4.77. The van der Waals surface area contributed by atoms with Gasteiger partial charge in [0.2, 0.25) is 5.78 Å². The van der Waals surface area contributed by atoms with E-state index in [0.29, 0.717) is 23.1 Å². The minimum Gasteiger partial charge on any atom is -0.460 e. The molecule has 1 aliphatic carbocycles. The minimum atomic E-state index is -0.159. The molecule has 3 heteroatoms. The van der Waals surface area contributed by atoms with E-state index in [9.17, 15) is 9.59 Å². The van der Waals surface area contributed by atoms with Crippen LogP contribution in [0.1, 0.15) is 53.2 Å². The number of hydrogen-bond donors (Lipinski definition) is 0. The maximum Gasteiger partial charge on any atom is 0.225 e. The van der Waals surface area contributed by atoms with Gasteiger partial charge in [0.1, 0.15) is 0 Å². The second-order valence-electron chi connectivity index (χ2n) is 4.49. The number of rotatable bonds is 3. The summed E-state index contributed by atoms with van der Waals surface area (Å²) in [5.41, 5.74) is 2.32. The number of furan rings is 1. The van der Waals surface area contributed by atoms with Crippen LogP contribution in [-0.2, 0) is 0 Å². The smallest absolute Gasteiger partial charge is 0.225 e. The molecule has 0 spiro atoms. The Balaban J connectivity index is 2.41. The molecule has 0 N–H and O–H groups in total. The summed E-state index contributed by atoms with van der Waals surface area (Å²) in [5, 5.41) is 0. The van der Waals surface area contributed by atoms with E-state index in [1.54, 1.807) is 13.8 Å². The molecule has 1 aromatic rings. The summed E-state index contributed by atoms with van der Waals surface area (Å²) in [5.74, 6) is -0.0178. The zero-order valence-corrected chi connectivity index (χ0v) is 10.9. The molecule has 1 heterocycles. The van der Waals surface area contributed by atoms with Crippen molar-refractivity contribution in [3.63, 3.8) is 0 Å². The van der Waals surface area contributed by atoms with Gasteiger partial charge in [-0.2, -0.15) is 0 Å². The highest BCUT2D eigenvalue weighted by molar-refractivity contribution is 6.26. The van der Waals surface area contributed by atoms with Gasteiger partial charge in [-0.3, -0.25) is 9.59 Å². The van der Waals surface area contributed by atoms with Crippen LogP contribution in [-0.4, -0.2) is 11.6 Å². The number of ketones is 2. The number of hydrogen-bond acceptors (Lipinski definition) is 3. The molecule has 0 atom stereocenters. The Morgan fingerprint density at radius 3 is 2.61 bits per heavy atom. The van der Waals surface area contributed by atoms with Crippen LogP contribution >= 0.6 is 0 Å². The number of carbonyl (C=O) groups excluding carboxylic acids is 2. The summed E-state index contributed by atoms with van der Waals surface area (Å²) < 4.78 is 5.20. The van der Waals surface area contributed by atoms with Crippen LogP contribution in [0.15, 0.2) is 34.0 Å². The molecular weight excluding hydrogens is 228 g/mol. The quantitative estimate of drug-likeness (QED) is 0.762. The standard InChI is InChI=1S/C15H16O3/c1-4-5-6-7-11-10(3)13(16)15-12(14(11)17)9(2)8-18-15/h4-5,8H,6-7H2,1-3H3/b5-4-. The lowest BCUT2D eigenvalue weighted by Gasteiger charge is -2.15. The van der Waals surface area contributed by atoms with Crippen molar-refractivity contribution in [1.82, 2.24) is 0 Å². The number of carbonyl (C=O) groups is 2. The van der Waals surface area contributed by atoms with Crippen LogP contribution in [0.25, 0.3) is 0 Å². The van der Waals surface area contributed by atoms with Crippen LogP contribution in [0.3, 0.4) is 0 Å². The Morgan fingerprint density at radius 1 is 1.22 bits per heavy atom. The van der Waals surface area contributed by atoms with E-state index in [1.807, 2.05) is 19.1 Å². The highest BCUT2D eigenvalue weighted by atomic mass is 16.3. The van der Waals surface area contributed by atoms with Crippen molar-refractivity contribution in [2.24, 2.45) is 0 Å². The van der Waals surface area contributed by atoms with E-state index in [1.165, 1.54) is 6.26 Å². The fourth-order valence-electron chi connectivity index (χ4n) is 2.22. The number of fused-ring (bicyclic) bond motifs is 1. The van der Waals surface area contributed by atoms with Gasteiger partial charge in [0.05, 0.1) is 11.8 Å². The largest absolute Gasteiger partial charge is 0.460 e. The fraction of sp³-hybridized carbons (Fsp3) is 0.333. The Hall–Kier alpha value is -1.90. The third-order valence-electron chi connectivity index (χ3n) is 3.27. The van der Waals surface area contributed by atoms with Crippen LogP contribution in [0, 0.1) is 6.92 Å². The molecular formula is C15H16O3. The molecule has 94 valence electrons. The van der Waals surface area contributed by atoms with Crippen molar-refractivity contribution < 1.29 is 14.0 Å². The van der Waals surface area contributed by atoms with Crippen molar-refractivity contribution in [3.8, 4) is 0 Å². The van der Waals surface area contributed by atoms with E-state index >= 15 is 0 Å². The molecule has 0 fully saturated rings. The summed E-state index contributed by atoms with van der Waals surface area (Å²) in [4.78, 5) is 24.5. The molecule has 0 bridgehead atoms. The predicted molar refractivity (Wildman–Crippen MR) is 68.9 cm³/mol. The highest BCUT2D eigenvalue weighted by Gasteiger charge is 2.33. The summed E-state index contributed by atoms with van der Waals surface area (Å²) in [6, 6.07) is 0. The van der Waals surface area contributed by atoms with Crippen LogP contribution < -0.4 is 0 Å². The average molecular weight is 244 g/mol. The fourth-order valence-corrected chi connectivity index (χ4v) is 2.22. The van der Waals surface area contributed by atoms with E-state index in [4.69, 9.17) is 4.42 Å². The summed E-state index contributed by atoms with van der Waals surface area (Å²) >= 11 is 0. The highest BCUT2D eigenvalue weighted by Crippen LogP contribution is 2.31. The maximum atomic E-state index is 12.4. The van der Waals surface area contributed by atoms with Gasteiger partial charge in [-0.15, -0.1) is 0 Å². The normalized spacial score (nSPS) is 15.7. The molecule has 1 aliphatic rings. The van der Waals surface area contributed by atoms with Gasteiger partial charge in [-0.1, -0.05) is 12.2 Å². The molecule has 1 aromatic heterocycles. The first-order valence-corrected chi connectivity index (χ1v) is 6.06. The molecule has 0 unspecified atom stereocenters. The Morgan fingerprint density at radius 2 is 1.94 bits per heavy atom. The Bertz CT molecular complexity index is 571. The predicted octanol–water partition coefficient (Wildman–Crippen LogP) is 3.64. The van der Waals surface area contributed by atoms with Crippen molar-refractivity contribution in [2.75, 3.05) is 0 Å². The molecule has 0 amide bonds. The second-order valence-corrected chi connectivity index (χ2v) is 4.49. The first-order chi connectivity index (χ1) is 8.57. The third-order valence-corrected chi connectivity index (χ3v) is 3.27. The maximum absolute atomic E-state index is 12.4. The van der Waals surface area contributed by atoms with Gasteiger partial charge < -0.3 is 4.42 Å². The Labute approximate surface area is 106 Å². The molecule has 0 aliphatic heterocycles. The van der Waals surface area contributed by atoms with E-state index in [0.717, 1.165) is 12.0 Å². The lowest BCUT2D eigenvalue weighted by atomic mass is 9.85. The first-order valence-electron chi connectivity index (χ1n) is 6.06. The minimum absolute atomic E-state index is 0.0575. The van der Waals surface area contributed by atoms with E-state index < -0.39 is 0 Å². The van der Waals surface area contributed by atoms with Crippen LogP contribution in [0.2, 0.25) is 0 Å². The number of aryl methyl sites for hydroxylation is 1. The van der Waals surface area contributed by atoms with Gasteiger partial charge in [0, 0.05) is 11.1 Å². The summed E-state index contributed by atoms with van der Waals surface area (Å²) in [6.07, 6.45) is 6.79. The molecule has 2 rings (SSSR count). The third kappa shape index (κ3) is 1.86. The molecule has 0 aromatic carbocycles. The molecule has 3 nitrogen and oxygen atoms in total. The Kier molecular flexibility index (Phi) is 3.32. The van der Waals surface area contributed by atoms with E-state index in [-0.39, 0.29) is 17.3 Å². The van der Waals surface area contributed by atoms with Crippen molar-refractivity contribution in [3.05, 3.63) is 46.4 Å². The van der Waals surface area contributed by atoms with Crippen molar-refractivity contribution >= 4 is 11.6 Å². The van der Waals surface area contributed by atoms with Gasteiger partial charge >= 0.3 is 0 Å². The zero-order valence-electron chi connectivity index (χ0n) is 10.9. The lowest BCUT2D eigenvalue weighted by molar-refractivity contribution is 0.0953. The summed E-state index contributed by atoms with van der Waals surface area (Å²) in [6.45, 7) is 5.43. The average Bonchev–Trinajstić information content (AvgIpc) is 2.73. The zero-order chi connectivity index (χ0) is 13.3. The van der Waals surface area contributed by atoms with Crippen LogP contribution in [0.4, 0.5) is 0 Å². The molecule has 0 saturated carbocycles. The SMILES string of the molecule is C/C=C\CCC1=C(C)C(=O)c2occ(C)c2C1=O. The molecule has 0 radical (unpaired) electrons. The topological polar surface area (TPSA) is 47.3 Å². The molecule has 0 saturated heterocycles. The van der Waals surface area contributed by atoms with Crippen molar-refractivity contribution in [2.45, 2.75) is 33.6 Å². The van der Waals surface area contributed by atoms with Crippen LogP contribution in [0.5, 0.6) is 0 Å². The first kappa shape index (κ1) is 12.6. The lowest BCUT2D eigenvalue weighted by Crippen LogP contribution is -2.20. The number of Topliss-reactive ketones (excluding diaryl/α,β-unsaturated/α-hetero) is 2. The molecule has 18 heavy (non-hydrogen) atoms. The number of allylic oxidation sites excluding steroid dienone is 4. The van der Waals surface area contributed by atoms with Gasteiger partial charge in [-0.05, 0) is 39.2 Å². The monoisotopic (exact) mass is 244 g/mol. The van der Waals surface area contributed by atoms with Crippen molar-refractivity contribution in [1.29, 1.82) is 0 Å².